The molecule has 162 valence electrons. The lowest BCUT2D eigenvalue weighted by atomic mass is 10.2. The van der Waals surface area contributed by atoms with Gasteiger partial charge in [0.25, 0.3) is 0 Å². The molecule has 0 fully saturated rings. The second-order valence-electron chi connectivity index (χ2n) is 7.36. The van der Waals surface area contributed by atoms with E-state index in [9.17, 15) is 10.1 Å². The molecule has 0 aliphatic heterocycles. The standard InChI is InChI=1S/C22H17N9O2/c1-12-8-16(10-23)29-31(12)21-17(13(2)32)5-7-20(26-21)30-11-24-18-9-15(4-6-19(18)30)25-22-28-27-14(3)33-22/h4-9,11H,1-3H3,(H,25,28). The molecule has 0 spiro atoms. The minimum atomic E-state index is -0.153. The summed E-state index contributed by atoms with van der Waals surface area (Å²) in [6, 6.07) is 13.0. The Morgan fingerprint density at radius 2 is 2.00 bits per heavy atom. The number of carbonyl (C=O) groups excluding carboxylic acids is 1. The highest BCUT2D eigenvalue weighted by Crippen LogP contribution is 2.25. The number of nitrogens with zero attached hydrogens (tertiary/aromatic N) is 8. The molecular formula is C22H17N9O2. The summed E-state index contributed by atoms with van der Waals surface area (Å²) in [7, 11) is 0. The number of aryl methyl sites for hydroxylation is 2. The zero-order valence-electron chi connectivity index (χ0n) is 17.9. The number of fused-ring (bicyclic) bond motifs is 1. The number of carbonyl (C=O) groups is 1. The summed E-state index contributed by atoms with van der Waals surface area (Å²) in [4.78, 5) is 21.4. The Hall–Kier alpha value is -4.85. The van der Waals surface area contributed by atoms with Crippen LogP contribution in [0.3, 0.4) is 0 Å². The third-order valence-electron chi connectivity index (χ3n) is 5.01. The van der Waals surface area contributed by atoms with Crippen LogP contribution in [0.5, 0.6) is 0 Å². The number of rotatable bonds is 5. The maximum absolute atomic E-state index is 12.2. The SMILES string of the molecule is CC(=O)c1ccc(-n2cnc3cc(Nc4nnc(C)o4)ccc32)nc1-n1nc(C#N)cc1C. The maximum Gasteiger partial charge on any atom is 0.320 e. The molecule has 4 aromatic heterocycles. The Morgan fingerprint density at radius 3 is 2.70 bits per heavy atom. The van der Waals surface area contributed by atoms with Crippen LogP contribution in [0.2, 0.25) is 0 Å². The van der Waals surface area contributed by atoms with Crippen LogP contribution in [0.15, 0.2) is 47.1 Å². The lowest BCUT2D eigenvalue weighted by molar-refractivity contribution is 0.101. The van der Waals surface area contributed by atoms with E-state index in [4.69, 9.17) is 9.40 Å². The molecule has 11 heteroatoms. The molecule has 0 aliphatic rings. The topological polar surface area (TPSA) is 140 Å². The summed E-state index contributed by atoms with van der Waals surface area (Å²) < 4.78 is 8.67. The Kier molecular flexibility index (Phi) is 4.68. The average molecular weight is 439 g/mol. The number of hydrogen-bond donors (Lipinski definition) is 1. The van der Waals surface area contributed by atoms with Crippen LogP contribution in [-0.4, -0.2) is 40.3 Å². The van der Waals surface area contributed by atoms with Crippen LogP contribution < -0.4 is 5.32 Å². The third-order valence-corrected chi connectivity index (χ3v) is 5.01. The summed E-state index contributed by atoms with van der Waals surface area (Å²) in [6.07, 6.45) is 1.65. The Morgan fingerprint density at radius 1 is 1.15 bits per heavy atom. The number of Topliss-reactive ketones (excluding diaryl/α,β-unsaturated/α-hetero) is 1. The molecule has 0 bridgehead atoms. The zero-order valence-corrected chi connectivity index (χ0v) is 17.9. The highest BCUT2D eigenvalue weighted by Gasteiger charge is 2.17. The molecule has 5 rings (SSSR count). The smallest absolute Gasteiger partial charge is 0.320 e. The van der Waals surface area contributed by atoms with Gasteiger partial charge in [-0.15, -0.1) is 5.10 Å². The van der Waals surface area contributed by atoms with Crippen molar-refractivity contribution in [2.45, 2.75) is 20.8 Å². The predicted octanol–water partition coefficient (Wildman–Crippen LogP) is 3.42. The van der Waals surface area contributed by atoms with Crippen molar-refractivity contribution in [2.75, 3.05) is 5.32 Å². The first-order valence-corrected chi connectivity index (χ1v) is 9.96. The Labute approximate surface area is 187 Å². The van der Waals surface area contributed by atoms with Gasteiger partial charge in [0, 0.05) is 18.3 Å². The number of imidazole rings is 1. The van der Waals surface area contributed by atoms with E-state index in [0.717, 1.165) is 16.7 Å². The number of hydrogen-bond acceptors (Lipinski definition) is 9. The minimum absolute atomic E-state index is 0.153. The van der Waals surface area contributed by atoms with Crippen molar-refractivity contribution in [3.8, 4) is 17.7 Å². The van der Waals surface area contributed by atoms with Gasteiger partial charge in [-0.05, 0) is 50.2 Å². The molecule has 1 N–H and O–H groups in total. The number of aromatic nitrogens is 7. The van der Waals surface area contributed by atoms with Gasteiger partial charge in [0.15, 0.2) is 17.3 Å². The van der Waals surface area contributed by atoms with Crippen LogP contribution in [-0.2, 0) is 0 Å². The summed E-state index contributed by atoms with van der Waals surface area (Å²) in [5.41, 5.74) is 3.62. The van der Waals surface area contributed by atoms with Gasteiger partial charge >= 0.3 is 6.01 Å². The molecular weight excluding hydrogens is 422 g/mol. The van der Waals surface area contributed by atoms with Gasteiger partial charge in [-0.3, -0.25) is 9.36 Å². The van der Waals surface area contributed by atoms with Crippen molar-refractivity contribution >= 4 is 28.5 Å². The number of nitrogens with one attached hydrogen (secondary N) is 1. The number of benzene rings is 1. The van der Waals surface area contributed by atoms with E-state index >= 15 is 0 Å². The molecule has 0 atom stereocenters. The number of anilines is 2. The van der Waals surface area contributed by atoms with E-state index in [0.29, 0.717) is 34.8 Å². The van der Waals surface area contributed by atoms with E-state index in [1.165, 1.54) is 11.6 Å². The van der Waals surface area contributed by atoms with Crippen molar-refractivity contribution in [1.82, 2.24) is 34.5 Å². The highest BCUT2D eigenvalue weighted by molar-refractivity contribution is 5.97. The Balaban J connectivity index is 1.57. The summed E-state index contributed by atoms with van der Waals surface area (Å²) >= 11 is 0. The van der Waals surface area contributed by atoms with Crippen molar-refractivity contribution in [2.24, 2.45) is 0 Å². The van der Waals surface area contributed by atoms with Gasteiger partial charge in [0.1, 0.15) is 18.2 Å². The van der Waals surface area contributed by atoms with E-state index < -0.39 is 0 Å². The molecule has 0 unspecified atom stereocenters. The number of nitriles is 1. The van der Waals surface area contributed by atoms with E-state index in [2.05, 4.69) is 25.6 Å². The average Bonchev–Trinajstić information content (AvgIpc) is 3.51. The first kappa shape index (κ1) is 20.1. The molecule has 0 amide bonds. The summed E-state index contributed by atoms with van der Waals surface area (Å²) in [6.45, 7) is 4.99. The third kappa shape index (κ3) is 3.59. The van der Waals surface area contributed by atoms with Gasteiger partial charge in [-0.25, -0.2) is 14.6 Å². The molecule has 4 heterocycles. The second kappa shape index (κ2) is 7.69. The fourth-order valence-electron chi connectivity index (χ4n) is 3.50. The lowest BCUT2D eigenvalue weighted by Gasteiger charge is -2.11. The molecule has 0 radical (unpaired) electrons. The number of pyridine rings is 1. The molecule has 0 saturated heterocycles. The summed E-state index contributed by atoms with van der Waals surface area (Å²) in [5.74, 6) is 1.22. The van der Waals surface area contributed by atoms with Crippen molar-refractivity contribution < 1.29 is 9.21 Å². The minimum Gasteiger partial charge on any atom is -0.408 e. The first-order chi connectivity index (χ1) is 15.9. The number of ketones is 1. The highest BCUT2D eigenvalue weighted by atomic mass is 16.4. The van der Waals surface area contributed by atoms with Crippen LogP contribution >= 0.6 is 0 Å². The second-order valence-corrected chi connectivity index (χ2v) is 7.36. The molecule has 0 aliphatic carbocycles. The van der Waals surface area contributed by atoms with Crippen LogP contribution in [0.25, 0.3) is 22.7 Å². The molecule has 5 aromatic rings. The van der Waals surface area contributed by atoms with Crippen LogP contribution in [0.4, 0.5) is 11.7 Å². The maximum atomic E-state index is 12.2. The van der Waals surface area contributed by atoms with Gasteiger partial charge in [0.2, 0.25) is 5.89 Å². The van der Waals surface area contributed by atoms with Crippen LogP contribution in [0, 0.1) is 25.2 Å². The molecule has 33 heavy (non-hydrogen) atoms. The summed E-state index contributed by atoms with van der Waals surface area (Å²) in [5, 5.41) is 24.2. The molecule has 11 nitrogen and oxygen atoms in total. The fourth-order valence-corrected chi connectivity index (χ4v) is 3.50. The quantitative estimate of drug-likeness (QED) is 0.408. The predicted molar refractivity (Wildman–Crippen MR) is 118 cm³/mol. The van der Waals surface area contributed by atoms with Crippen molar-refractivity contribution in [3.05, 3.63) is 65.6 Å². The lowest BCUT2D eigenvalue weighted by Crippen LogP contribution is -2.11. The van der Waals surface area contributed by atoms with Crippen molar-refractivity contribution in [3.63, 3.8) is 0 Å². The van der Waals surface area contributed by atoms with E-state index in [1.54, 1.807) is 38.4 Å². The largest absolute Gasteiger partial charge is 0.408 e. The van der Waals surface area contributed by atoms with Crippen LogP contribution in [0.1, 0.15) is 34.6 Å². The molecule has 1 aromatic carbocycles. The molecule has 0 saturated carbocycles. The monoisotopic (exact) mass is 439 g/mol. The van der Waals surface area contributed by atoms with Crippen molar-refractivity contribution in [1.29, 1.82) is 5.26 Å². The van der Waals surface area contributed by atoms with Gasteiger partial charge < -0.3 is 9.73 Å². The van der Waals surface area contributed by atoms with Gasteiger partial charge in [0.05, 0.1) is 16.6 Å². The van der Waals surface area contributed by atoms with E-state index in [-0.39, 0.29) is 11.5 Å². The fraction of sp³-hybridized carbons (Fsp3) is 0.136. The Bertz CT molecular complexity index is 1570. The van der Waals surface area contributed by atoms with Gasteiger partial charge in [-0.2, -0.15) is 10.4 Å². The normalized spacial score (nSPS) is 11.0. The van der Waals surface area contributed by atoms with Gasteiger partial charge in [-0.1, -0.05) is 5.10 Å². The zero-order chi connectivity index (χ0) is 23.1. The van der Waals surface area contributed by atoms with E-state index in [1.807, 2.05) is 28.8 Å². The first-order valence-electron chi connectivity index (χ1n) is 9.96.